The van der Waals surface area contributed by atoms with Crippen molar-refractivity contribution in [3.63, 3.8) is 0 Å². The van der Waals surface area contributed by atoms with Crippen molar-refractivity contribution in [2.45, 2.75) is 54.2 Å². The molecule has 0 aromatic rings. The molecule has 0 spiro atoms. The molecular weight excluding hydrogens is 155 g/mol. The van der Waals surface area contributed by atoms with Gasteiger partial charge in [-0.2, -0.15) is 0 Å². The van der Waals surface area contributed by atoms with Crippen LogP contribution in [0.3, 0.4) is 0 Å². The van der Waals surface area contributed by atoms with E-state index in [-0.39, 0.29) is 0 Å². The van der Waals surface area contributed by atoms with Gasteiger partial charge in [0.2, 0.25) is 0 Å². The molecule has 1 heteroatoms. The summed E-state index contributed by atoms with van der Waals surface area (Å²) < 4.78 is 0. The Hall–Kier alpha value is -0.455. The largest absolute Gasteiger partial charge is 0.120 e. The van der Waals surface area contributed by atoms with Gasteiger partial charge in [-0.3, -0.25) is 0 Å². The van der Waals surface area contributed by atoms with Crippen LogP contribution in [0.15, 0.2) is 22.3 Å². The molecule has 0 nitrogen and oxygen atoms in total. The summed E-state index contributed by atoms with van der Waals surface area (Å²) in [6, 6.07) is 0. The molecule has 0 aliphatic heterocycles. The maximum atomic E-state index is 2.37. The minimum Gasteiger partial charge on any atom is -0.0825 e. The molecule has 0 aromatic carbocycles. The lowest BCUT2D eigenvalue weighted by Gasteiger charge is -2.04. The van der Waals surface area contributed by atoms with Gasteiger partial charge in [0.15, 0.2) is 0 Å². The van der Waals surface area contributed by atoms with E-state index in [0.29, 0.717) is 0 Å². The molecule has 0 fully saturated rings. The van der Waals surface area contributed by atoms with Crippen LogP contribution in [0.2, 0.25) is 12.6 Å². The summed E-state index contributed by atoms with van der Waals surface area (Å²) >= 11 is 0. The summed E-state index contributed by atoms with van der Waals surface area (Å²) in [4.78, 5) is 0. The Kier molecular flexibility index (Phi) is 5.86. The third-order valence-corrected chi connectivity index (χ3v) is 2.61. The fourth-order valence-electron chi connectivity index (χ4n) is 0.913. The highest BCUT2D eigenvalue weighted by Crippen LogP contribution is 2.12. The van der Waals surface area contributed by atoms with Gasteiger partial charge < -0.3 is 0 Å². The first-order valence-electron chi connectivity index (χ1n) is 5.02. The first-order chi connectivity index (χ1) is 5.95. The van der Waals surface area contributed by atoms with Crippen LogP contribution in [-0.4, -0.2) is 7.28 Å². The second-order valence-corrected chi connectivity index (χ2v) is 4.26. The summed E-state index contributed by atoms with van der Waals surface area (Å²) in [5.74, 6) is 0. The van der Waals surface area contributed by atoms with Gasteiger partial charge in [0.25, 0.3) is 0 Å². The molecule has 0 rings (SSSR count). The van der Waals surface area contributed by atoms with Gasteiger partial charge in [0.05, 0.1) is 0 Å². The number of hydrogen-bond acceptors (Lipinski definition) is 0. The molecule has 13 heavy (non-hydrogen) atoms. The molecule has 0 bridgehead atoms. The van der Waals surface area contributed by atoms with Gasteiger partial charge >= 0.3 is 0 Å². The Morgan fingerprint density at radius 3 is 1.23 bits per heavy atom. The third-order valence-electron chi connectivity index (χ3n) is 2.61. The molecule has 0 N–H and O–H groups in total. The van der Waals surface area contributed by atoms with Crippen LogP contribution >= 0.6 is 0 Å². The van der Waals surface area contributed by atoms with E-state index < -0.39 is 0 Å². The highest BCUT2D eigenvalue weighted by molar-refractivity contribution is 6.37. The standard InChI is InChI=1S/C12H22B/c1-9(2)11(5)7-13-8-12(6)10(3)4/h7-8H2,1-6H3. The maximum Gasteiger partial charge on any atom is 0.120 e. The smallest absolute Gasteiger partial charge is 0.0825 e. The van der Waals surface area contributed by atoms with Crippen molar-refractivity contribution >= 4 is 7.28 Å². The van der Waals surface area contributed by atoms with E-state index in [0.717, 1.165) is 12.6 Å². The molecule has 0 amide bonds. The molecule has 0 atom stereocenters. The van der Waals surface area contributed by atoms with E-state index in [1.54, 1.807) is 0 Å². The van der Waals surface area contributed by atoms with E-state index in [1.165, 1.54) is 22.3 Å². The fraction of sp³-hybridized carbons (Fsp3) is 0.667. The predicted octanol–water partition coefficient (Wildman–Crippen LogP) is 4.24. The van der Waals surface area contributed by atoms with E-state index in [4.69, 9.17) is 0 Å². The molecule has 0 heterocycles. The SMILES string of the molecule is CC(C)=C(C)C[B]CC(C)=C(C)C. The van der Waals surface area contributed by atoms with Crippen molar-refractivity contribution in [2.75, 3.05) is 0 Å². The van der Waals surface area contributed by atoms with Crippen molar-refractivity contribution < 1.29 is 0 Å². The van der Waals surface area contributed by atoms with Gasteiger partial charge in [0, 0.05) is 0 Å². The van der Waals surface area contributed by atoms with Crippen molar-refractivity contribution in [1.82, 2.24) is 0 Å². The van der Waals surface area contributed by atoms with Crippen LogP contribution in [0, 0.1) is 0 Å². The monoisotopic (exact) mass is 177 g/mol. The van der Waals surface area contributed by atoms with Crippen molar-refractivity contribution in [1.29, 1.82) is 0 Å². The minimum atomic E-state index is 1.13. The van der Waals surface area contributed by atoms with Gasteiger partial charge in [-0.25, -0.2) is 0 Å². The van der Waals surface area contributed by atoms with E-state index in [2.05, 4.69) is 48.8 Å². The van der Waals surface area contributed by atoms with Crippen LogP contribution in [0.1, 0.15) is 41.5 Å². The van der Waals surface area contributed by atoms with Crippen LogP contribution in [0.4, 0.5) is 0 Å². The quantitative estimate of drug-likeness (QED) is 0.445. The summed E-state index contributed by atoms with van der Waals surface area (Å²) in [6.07, 6.45) is 2.26. The Morgan fingerprint density at radius 1 is 0.692 bits per heavy atom. The highest BCUT2D eigenvalue weighted by Gasteiger charge is 1.97. The number of allylic oxidation sites excluding steroid dienone is 4. The molecule has 0 saturated carbocycles. The number of rotatable bonds is 4. The second-order valence-electron chi connectivity index (χ2n) is 4.26. The van der Waals surface area contributed by atoms with Gasteiger partial charge in [-0.05, 0) is 41.5 Å². The fourth-order valence-corrected chi connectivity index (χ4v) is 0.913. The van der Waals surface area contributed by atoms with Crippen LogP contribution in [-0.2, 0) is 0 Å². The van der Waals surface area contributed by atoms with Crippen molar-refractivity contribution in [3.8, 4) is 0 Å². The zero-order valence-electron chi connectivity index (χ0n) is 9.99. The molecule has 1 radical (unpaired) electrons. The minimum absolute atomic E-state index is 1.13. The molecule has 73 valence electrons. The van der Waals surface area contributed by atoms with Crippen LogP contribution < -0.4 is 0 Å². The lowest BCUT2D eigenvalue weighted by molar-refractivity contribution is 1.19. The van der Waals surface area contributed by atoms with Crippen LogP contribution in [0.25, 0.3) is 0 Å². The normalized spacial score (nSPS) is 9.38. The first-order valence-corrected chi connectivity index (χ1v) is 5.02. The van der Waals surface area contributed by atoms with Crippen LogP contribution in [0.5, 0.6) is 0 Å². The topological polar surface area (TPSA) is 0 Å². The molecular formula is C12H22B. The average Bonchev–Trinajstić information content (AvgIpc) is 2.03. The summed E-state index contributed by atoms with van der Waals surface area (Å²) in [7, 11) is 2.37. The van der Waals surface area contributed by atoms with E-state index >= 15 is 0 Å². The van der Waals surface area contributed by atoms with Crippen molar-refractivity contribution in [3.05, 3.63) is 22.3 Å². The maximum absolute atomic E-state index is 2.37. The summed E-state index contributed by atoms with van der Waals surface area (Å²) in [5.41, 5.74) is 5.90. The molecule has 0 aliphatic rings. The van der Waals surface area contributed by atoms with Crippen molar-refractivity contribution in [2.24, 2.45) is 0 Å². The highest BCUT2D eigenvalue weighted by atomic mass is 13.9. The molecule has 0 saturated heterocycles. The lowest BCUT2D eigenvalue weighted by Crippen LogP contribution is -1.93. The first kappa shape index (κ1) is 12.5. The zero-order chi connectivity index (χ0) is 10.4. The Balaban J connectivity index is 3.83. The molecule has 0 aliphatic carbocycles. The molecule has 0 aromatic heterocycles. The predicted molar refractivity (Wildman–Crippen MR) is 63.5 cm³/mol. The lowest BCUT2D eigenvalue weighted by atomic mass is 9.66. The van der Waals surface area contributed by atoms with E-state index in [9.17, 15) is 0 Å². The van der Waals surface area contributed by atoms with Gasteiger partial charge in [0.1, 0.15) is 7.28 Å². The van der Waals surface area contributed by atoms with E-state index in [1.807, 2.05) is 0 Å². The molecule has 0 unspecified atom stereocenters. The van der Waals surface area contributed by atoms with Gasteiger partial charge in [-0.1, -0.05) is 34.9 Å². The Morgan fingerprint density at radius 2 is 1.00 bits per heavy atom. The second kappa shape index (κ2) is 6.07. The Labute approximate surface area is 84.4 Å². The average molecular weight is 177 g/mol. The summed E-state index contributed by atoms with van der Waals surface area (Å²) in [5, 5.41) is 0. The third kappa shape index (κ3) is 5.73. The number of hydrogen-bond donors (Lipinski definition) is 0. The Bertz CT molecular complexity index is 189. The zero-order valence-corrected chi connectivity index (χ0v) is 9.99. The summed E-state index contributed by atoms with van der Waals surface area (Å²) in [6.45, 7) is 13.1. The van der Waals surface area contributed by atoms with Gasteiger partial charge in [-0.15, -0.1) is 0 Å².